The Morgan fingerprint density at radius 2 is 2.06 bits per heavy atom. The van der Waals surface area contributed by atoms with Gasteiger partial charge >= 0.3 is 0 Å². The molecule has 0 aliphatic carbocycles. The summed E-state index contributed by atoms with van der Waals surface area (Å²) in [5.74, 6) is 0. The Hall–Kier alpha value is -0.860. The first-order valence-corrected chi connectivity index (χ1v) is 6.87. The highest BCUT2D eigenvalue weighted by atomic mass is 32.1. The summed E-state index contributed by atoms with van der Waals surface area (Å²) < 4.78 is 1.35. The minimum Gasteiger partial charge on any atom is -0.323 e. The second-order valence-electron chi connectivity index (χ2n) is 4.29. The molecule has 1 heterocycles. The third kappa shape index (κ3) is 2.63. The van der Waals surface area contributed by atoms with Crippen molar-refractivity contribution in [3.05, 3.63) is 35.2 Å². The van der Waals surface area contributed by atoms with E-state index in [9.17, 15) is 0 Å². The molecule has 0 radical (unpaired) electrons. The molecule has 0 aliphatic rings. The molecule has 1 unspecified atom stereocenters. The lowest BCUT2D eigenvalue weighted by atomic mass is 10.1. The van der Waals surface area contributed by atoms with Crippen LogP contribution in [0.3, 0.4) is 0 Å². The molecule has 1 nitrogen and oxygen atoms in total. The number of hydrogen-bond donors (Lipinski definition) is 1. The first-order chi connectivity index (χ1) is 7.81. The SMILES string of the molecule is CCCCCC(N)c1cc2ccccc2s1. The molecule has 2 heteroatoms. The molecule has 0 saturated heterocycles. The molecule has 16 heavy (non-hydrogen) atoms. The van der Waals surface area contributed by atoms with Crippen LogP contribution in [0.1, 0.15) is 43.5 Å². The molecule has 0 bridgehead atoms. The van der Waals surface area contributed by atoms with Crippen LogP contribution in [0.4, 0.5) is 0 Å². The fourth-order valence-electron chi connectivity index (χ4n) is 1.94. The van der Waals surface area contributed by atoms with Gasteiger partial charge in [0.25, 0.3) is 0 Å². The van der Waals surface area contributed by atoms with E-state index in [0.717, 1.165) is 6.42 Å². The van der Waals surface area contributed by atoms with Gasteiger partial charge in [0, 0.05) is 15.6 Å². The van der Waals surface area contributed by atoms with Crippen LogP contribution >= 0.6 is 11.3 Å². The van der Waals surface area contributed by atoms with Gasteiger partial charge in [-0.15, -0.1) is 11.3 Å². The van der Waals surface area contributed by atoms with E-state index in [1.165, 1.54) is 34.2 Å². The standard InChI is InChI=1S/C14H19NS/c1-2-3-4-8-12(15)14-10-11-7-5-6-9-13(11)16-14/h5-7,9-10,12H,2-4,8,15H2,1H3. The van der Waals surface area contributed by atoms with E-state index in [-0.39, 0.29) is 6.04 Å². The number of rotatable bonds is 5. The maximum absolute atomic E-state index is 6.21. The molecule has 1 atom stereocenters. The first kappa shape index (κ1) is 11.6. The molecule has 2 N–H and O–H groups in total. The van der Waals surface area contributed by atoms with E-state index in [0.29, 0.717) is 0 Å². The lowest BCUT2D eigenvalue weighted by Crippen LogP contribution is -2.07. The molecular formula is C14H19NS. The van der Waals surface area contributed by atoms with E-state index < -0.39 is 0 Å². The average Bonchev–Trinajstić information content (AvgIpc) is 2.73. The molecule has 0 amide bonds. The third-order valence-electron chi connectivity index (χ3n) is 2.93. The van der Waals surface area contributed by atoms with Gasteiger partial charge in [0.15, 0.2) is 0 Å². The number of hydrogen-bond acceptors (Lipinski definition) is 2. The summed E-state index contributed by atoms with van der Waals surface area (Å²) in [6.45, 7) is 2.23. The Balaban J connectivity index is 2.07. The van der Waals surface area contributed by atoms with Crippen LogP contribution in [-0.4, -0.2) is 0 Å². The Morgan fingerprint density at radius 1 is 1.25 bits per heavy atom. The lowest BCUT2D eigenvalue weighted by molar-refractivity contribution is 0.587. The highest BCUT2D eigenvalue weighted by Gasteiger charge is 2.09. The van der Waals surface area contributed by atoms with Gasteiger partial charge < -0.3 is 5.73 Å². The monoisotopic (exact) mass is 233 g/mol. The van der Waals surface area contributed by atoms with Crippen LogP contribution in [-0.2, 0) is 0 Å². The number of thiophene rings is 1. The second-order valence-corrected chi connectivity index (χ2v) is 5.40. The summed E-state index contributed by atoms with van der Waals surface area (Å²) in [5.41, 5.74) is 6.21. The van der Waals surface area contributed by atoms with Crippen molar-refractivity contribution in [3.8, 4) is 0 Å². The summed E-state index contributed by atoms with van der Waals surface area (Å²) in [7, 11) is 0. The van der Waals surface area contributed by atoms with Crippen molar-refractivity contribution in [1.29, 1.82) is 0 Å². The highest BCUT2D eigenvalue weighted by Crippen LogP contribution is 2.30. The van der Waals surface area contributed by atoms with Crippen LogP contribution in [0.2, 0.25) is 0 Å². The van der Waals surface area contributed by atoms with Crippen molar-refractivity contribution in [2.24, 2.45) is 5.73 Å². The summed E-state index contributed by atoms with van der Waals surface area (Å²) in [6, 6.07) is 11.0. The zero-order valence-electron chi connectivity index (χ0n) is 9.78. The molecule has 1 aromatic heterocycles. The maximum Gasteiger partial charge on any atom is 0.0390 e. The van der Waals surface area contributed by atoms with Gasteiger partial charge in [-0.3, -0.25) is 0 Å². The molecule has 0 aliphatic heterocycles. The van der Waals surface area contributed by atoms with E-state index in [1.54, 1.807) is 0 Å². The predicted molar refractivity (Wildman–Crippen MR) is 72.9 cm³/mol. The summed E-state index contributed by atoms with van der Waals surface area (Å²) in [5, 5.41) is 1.33. The number of fused-ring (bicyclic) bond motifs is 1. The normalized spacial score (nSPS) is 13.1. The van der Waals surface area contributed by atoms with Crippen molar-refractivity contribution in [2.45, 2.75) is 38.6 Å². The molecule has 2 rings (SSSR count). The Labute approximate surface area is 101 Å². The van der Waals surface area contributed by atoms with Crippen molar-refractivity contribution >= 4 is 21.4 Å². The summed E-state index contributed by atoms with van der Waals surface area (Å²) >= 11 is 1.84. The molecule has 0 spiro atoms. The molecule has 1 aromatic carbocycles. The van der Waals surface area contributed by atoms with Crippen LogP contribution in [0, 0.1) is 0 Å². The van der Waals surface area contributed by atoms with Gasteiger partial charge in [0.2, 0.25) is 0 Å². The third-order valence-corrected chi connectivity index (χ3v) is 4.18. The quantitative estimate of drug-likeness (QED) is 0.757. The fraction of sp³-hybridized carbons (Fsp3) is 0.429. The van der Waals surface area contributed by atoms with Crippen molar-refractivity contribution < 1.29 is 0 Å². The first-order valence-electron chi connectivity index (χ1n) is 6.05. The Bertz CT molecular complexity index is 414. The van der Waals surface area contributed by atoms with E-state index in [1.807, 2.05) is 11.3 Å². The molecular weight excluding hydrogens is 214 g/mol. The van der Waals surface area contributed by atoms with Gasteiger partial charge in [-0.05, 0) is 23.9 Å². The number of nitrogens with two attached hydrogens (primary N) is 1. The summed E-state index contributed by atoms with van der Waals surface area (Å²) in [4.78, 5) is 1.33. The molecule has 86 valence electrons. The Morgan fingerprint density at radius 3 is 2.81 bits per heavy atom. The van der Waals surface area contributed by atoms with Crippen molar-refractivity contribution in [1.82, 2.24) is 0 Å². The number of unbranched alkanes of at least 4 members (excludes halogenated alkanes) is 2. The second kappa shape index (κ2) is 5.46. The van der Waals surface area contributed by atoms with Gasteiger partial charge in [-0.25, -0.2) is 0 Å². The predicted octanol–water partition coefficient (Wildman–Crippen LogP) is 4.48. The van der Waals surface area contributed by atoms with Gasteiger partial charge in [-0.1, -0.05) is 44.4 Å². The zero-order valence-corrected chi connectivity index (χ0v) is 10.6. The highest BCUT2D eigenvalue weighted by molar-refractivity contribution is 7.19. The number of benzene rings is 1. The zero-order chi connectivity index (χ0) is 11.4. The van der Waals surface area contributed by atoms with E-state index >= 15 is 0 Å². The van der Waals surface area contributed by atoms with E-state index in [2.05, 4.69) is 37.3 Å². The molecule has 0 saturated carbocycles. The van der Waals surface area contributed by atoms with Gasteiger partial charge in [0.05, 0.1) is 0 Å². The molecule has 0 fully saturated rings. The largest absolute Gasteiger partial charge is 0.323 e. The van der Waals surface area contributed by atoms with Crippen LogP contribution < -0.4 is 5.73 Å². The van der Waals surface area contributed by atoms with Gasteiger partial charge in [-0.2, -0.15) is 0 Å². The van der Waals surface area contributed by atoms with Crippen LogP contribution in [0.5, 0.6) is 0 Å². The lowest BCUT2D eigenvalue weighted by Gasteiger charge is -2.07. The minimum atomic E-state index is 0.226. The minimum absolute atomic E-state index is 0.226. The summed E-state index contributed by atoms with van der Waals surface area (Å²) in [6.07, 6.45) is 4.91. The van der Waals surface area contributed by atoms with E-state index in [4.69, 9.17) is 5.73 Å². The van der Waals surface area contributed by atoms with Crippen molar-refractivity contribution in [3.63, 3.8) is 0 Å². The average molecular weight is 233 g/mol. The molecule has 2 aromatic rings. The smallest absolute Gasteiger partial charge is 0.0390 e. The van der Waals surface area contributed by atoms with Crippen LogP contribution in [0.15, 0.2) is 30.3 Å². The Kier molecular flexibility index (Phi) is 3.97. The maximum atomic E-state index is 6.21. The van der Waals surface area contributed by atoms with Crippen molar-refractivity contribution in [2.75, 3.05) is 0 Å². The van der Waals surface area contributed by atoms with Gasteiger partial charge in [0.1, 0.15) is 0 Å². The van der Waals surface area contributed by atoms with Crippen LogP contribution in [0.25, 0.3) is 10.1 Å². The fourth-order valence-corrected chi connectivity index (χ4v) is 3.04. The topological polar surface area (TPSA) is 26.0 Å².